The lowest BCUT2D eigenvalue weighted by Crippen LogP contribution is -2.21. The Labute approximate surface area is 159 Å². The monoisotopic (exact) mass is 416 g/mol. The second-order valence-electron chi connectivity index (χ2n) is 5.24. The second-order valence-corrected chi connectivity index (χ2v) is 6.06. The lowest BCUT2D eigenvalue weighted by Gasteiger charge is -2.13. The van der Waals surface area contributed by atoms with Crippen LogP contribution in [-0.4, -0.2) is 15.0 Å². The Balaban J connectivity index is 2.13. The molecule has 0 radical (unpaired) electrons. The highest BCUT2D eigenvalue weighted by Gasteiger charge is 2.39. The predicted molar refractivity (Wildman–Crippen MR) is 94.0 cm³/mol. The molecule has 27 heavy (non-hydrogen) atoms. The van der Waals surface area contributed by atoms with Crippen LogP contribution in [0, 0.1) is 0 Å². The van der Waals surface area contributed by atoms with Crippen molar-refractivity contribution in [3.63, 3.8) is 0 Å². The van der Waals surface area contributed by atoms with Crippen LogP contribution in [0.5, 0.6) is 11.5 Å². The number of rotatable bonds is 3. The van der Waals surface area contributed by atoms with Crippen molar-refractivity contribution >= 4 is 28.9 Å². The van der Waals surface area contributed by atoms with Gasteiger partial charge in [-0.2, -0.15) is 13.2 Å². The van der Waals surface area contributed by atoms with Gasteiger partial charge < -0.3 is 15.5 Å². The van der Waals surface area contributed by atoms with Gasteiger partial charge in [0.2, 0.25) is 5.75 Å². The van der Waals surface area contributed by atoms with Crippen molar-refractivity contribution in [2.24, 2.45) is 0 Å². The molecule has 1 aromatic carbocycles. The number of ether oxygens (including phenoxy) is 1. The molecule has 0 fully saturated rings. The molecular weight excluding hydrogens is 408 g/mol. The summed E-state index contributed by atoms with van der Waals surface area (Å²) in [5.74, 6) is -1.55. The molecule has 3 rings (SSSR count). The standard InChI is InChI=1S/C16H9Cl2F3N4O2/c17-9-2-1-8(6-10(9)18)27-12-13(16(19,20)21)24-14(25-15(12)26)11-5-7(22)3-4-23-11/h1-6H,(H2,22,23)(H,24,25,26). The summed E-state index contributed by atoms with van der Waals surface area (Å²) in [5, 5.41) is 0.225. The van der Waals surface area contributed by atoms with Crippen LogP contribution < -0.4 is 16.0 Å². The van der Waals surface area contributed by atoms with E-state index in [2.05, 4.69) is 15.0 Å². The van der Waals surface area contributed by atoms with Crippen molar-refractivity contribution in [2.75, 3.05) is 5.73 Å². The quantitative estimate of drug-likeness (QED) is 0.653. The van der Waals surface area contributed by atoms with Crippen molar-refractivity contribution in [3.8, 4) is 23.0 Å². The van der Waals surface area contributed by atoms with E-state index in [1.807, 2.05) is 0 Å². The smallest absolute Gasteiger partial charge is 0.437 e. The number of aromatic nitrogens is 3. The molecule has 140 valence electrons. The molecule has 0 aliphatic rings. The van der Waals surface area contributed by atoms with Gasteiger partial charge in [-0.3, -0.25) is 9.78 Å². The zero-order chi connectivity index (χ0) is 19.8. The van der Waals surface area contributed by atoms with Gasteiger partial charge in [0.1, 0.15) is 11.4 Å². The minimum atomic E-state index is -4.96. The number of nitrogens with two attached hydrogens (primary N) is 1. The molecular formula is C16H9Cl2F3N4O2. The van der Waals surface area contributed by atoms with Gasteiger partial charge in [0.05, 0.1) is 10.0 Å². The highest BCUT2D eigenvalue weighted by Crippen LogP contribution is 2.36. The van der Waals surface area contributed by atoms with Crippen LogP contribution in [0.15, 0.2) is 41.3 Å². The second kappa shape index (κ2) is 7.09. The first-order valence-corrected chi connectivity index (χ1v) is 7.97. The fourth-order valence-electron chi connectivity index (χ4n) is 2.11. The van der Waals surface area contributed by atoms with E-state index >= 15 is 0 Å². The van der Waals surface area contributed by atoms with Gasteiger partial charge in [0, 0.05) is 18.0 Å². The average Bonchev–Trinajstić information content (AvgIpc) is 2.58. The van der Waals surface area contributed by atoms with Gasteiger partial charge in [0.25, 0.3) is 5.56 Å². The molecule has 0 unspecified atom stereocenters. The molecule has 11 heteroatoms. The number of H-pyrrole nitrogens is 1. The van der Waals surface area contributed by atoms with E-state index in [0.29, 0.717) is 0 Å². The molecule has 0 atom stereocenters. The summed E-state index contributed by atoms with van der Waals surface area (Å²) in [4.78, 5) is 21.8. The lowest BCUT2D eigenvalue weighted by atomic mass is 10.2. The van der Waals surface area contributed by atoms with Crippen LogP contribution in [0.25, 0.3) is 11.5 Å². The Hall–Kier alpha value is -2.78. The summed E-state index contributed by atoms with van der Waals surface area (Å²) >= 11 is 11.6. The number of pyridine rings is 1. The summed E-state index contributed by atoms with van der Waals surface area (Å²) in [5.41, 5.74) is 3.13. The largest absolute Gasteiger partial charge is 0.449 e. The molecule has 0 bridgehead atoms. The number of aromatic amines is 1. The maximum atomic E-state index is 13.5. The fraction of sp³-hybridized carbons (Fsp3) is 0.0625. The number of benzene rings is 1. The van der Waals surface area contributed by atoms with Crippen LogP contribution >= 0.6 is 23.2 Å². The highest BCUT2D eigenvalue weighted by atomic mass is 35.5. The maximum Gasteiger partial charge on any atom is 0.437 e. The van der Waals surface area contributed by atoms with E-state index in [0.717, 1.165) is 0 Å². The van der Waals surface area contributed by atoms with Crippen molar-refractivity contribution in [1.82, 2.24) is 15.0 Å². The highest BCUT2D eigenvalue weighted by molar-refractivity contribution is 6.42. The predicted octanol–water partition coefficient (Wildman–Crippen LogP) is 4.53. The van der Waals surface area contributed by atoms with Crippen LogP contribution in [-0.2, 0) is 6.18 Å². The maximum absolute atomic E-state index is 13.5. The summed E-state index contributed by atoms with van der Waals surface area (Å²) in [6.07, 6.45) is -3.69. The van der Waals surface area contributed by atoms with Crippen molar-refractivity contribution in [2.45, 2.75) is 6.18 Å². The van der Waals surface area contributed by atoms with Crippen LogP contribution in [0.2, 0.25) is 10.0 Å². The minimum absolute atomic E-state index is 0.0290. The fourth-order valence-corrected chi connectivity index (χ4v) is 2.39. The van der Waals surface area contributed by atoms with Crippen LogP contribution in [0.1, 0.15) is 5.69 Å². The molecule has 3 aromatic rings. The number of nitrogen functional groups attached to an aromatic ring is 1. The van der Waals surface area contributed by atoms with Crippen molar-refractivity contribution in [3.05, 3.63) is 62.6 Å². The normalized spacial score (nSPS) is 11.4. The third kappa shape index (κ3) is 4.15. The van der Waals surface area contributed by atoms with E-state index in [-0.39, 0.29) is 27.2 Å². The van der Waals surface area contributed by atoms with Crippen LogP contribution in [0.3, 0.4) is 0 Å². The van der Waals surface area contributed by atoms with Gasteiger partial charge in [-0.05, 0) is 24.3 Å². The van der Waals surface area contributed by atoms with E-state index in [9.17, 15) is 18.0 Å². The van der Waals surface area contributed by atoms with Gasteiger partial charge in [-0.25, -0.2) is 4.98 Å². The summed E-state index contributed by atoms with van der Waals surface area (Å²) < 4.78 is 45.5. The van der Waals surface area contributed by atoms with Gasteiger partial charge >= 0.3 is 6.18 Å². The first-order chi connectivity index (χ1) is 12.6. The third-order valence-corrected chi connectivity index (χ3v) is 4.02. The van der Waals surface area contributed by atoms with Crippen molar-refractivity contribution < 1.29 is 17.9 Å². The molecule has 0 aliphatic carbocycles. The molecule has 2 aromatic heterocycles. The Morgan fingerprint density at radius 2 is 1.85 bits per heavy atom. The molecule has 0 amide bonds. The topological polar surface area (TPSA) is 93.9 Å². The number of anilines is 1. The molecule has 0 saturated heterocycles. The molecule has 0 aliphatic heterocycles. The van der Waals surface area contributed by atoms with E-state index in [1.54, 1.807) is 0 Å². The Bertz CT molecular complexity index is 1070. The summed E-state index contributed by atoms with van der Waals surface area (Å²) in [7, 11) is 0. The first-order valence-electron chi connectivity index (χ1n) is 7.21. The molecule has 0 spiro atoms. The molecule has 6 nitrogen and oxygen atoms in total. The Morgan fingerprint density at radius 3 is 2.48 bits per heavy atom. The first kappa shape index (κ1) is 19.0. The van der Waals surface area contributed by atoms with Gasteiger partial charge in [-0.1, -0.05) is 23.2 Å². The average molecular weight is 417 g/mol. The number of nitrogens with zero attached hydrogens (tertiary/aromatic N) is 2. The van der Waals surface area contributed by atoms with Gasteiger partial charge in [-0.15, -0.1) is 0 Å². The zero-order valence-corrected chi connectivity index (χ0v) is 14.7. The Morgan fingerprint density at radius 1 is 1.11 bits per heavy atom. The zero-order valence-electron chi connectivity index (χ0n) is 13.1. The molecule has 2 heterocycles. The number of hydrogen-bond donors (Lipinski definition) is 2. The van der Waals surface area contributed by atoms with E-state index in [1.165, 1.54) is 36.5 Å². The summed E-state index contributed by atoms with van der Waals surface area (Å²) in [6.45, 7) is 0. The van der Waals surface area contributed by atoms with Gasteiger partial charge in [0.15, 0.2) is 11.5 Å². The summed E-state index contributed by atoms with van der Waals surface area (Å²) in [6, 6.07) is 6.48. The van der Waals surface area contributed by atoms with E-state index in [4.69, 9.17) is 33.7 Å². The van der Waals surface area contributed by atoms with Crippen LogP contribution in [0.4, 0.5) is 18.9 Å². The minimum Gasteiger partial charge on any atom is -0.449 e. The SMILES string of the molecule is Nc1ccnc(-c2nc(C(F)(F)F)c(Oc3ccc(Cl)c(Cl)c3)c(=O)[nH]2)c1. The lowest BCUT2D eigenvalue weighted by molar-refractivity contribution is -0.142. The molecule has 3 N–H and O–H groups in total. The third-order valence-electron chi connectivity index (χ3n) is 3.28. The molecule has 0 saturated carbocycles. The van der Waals surface area contributed by atoms with E-state index < -0.39 is 29.0 Å². The van der Waals surface area contributed by atoms with Crippen molar-refractivity contribution in [1.29, 1.82) is 0 Å². The number of hydrogen-bond acceptors (Lipinski definition) is 5. The number of alkyl halides is 3. The Kier molecular flexibility index (Phi) is 4.99. The number of halogens is 5. The number of nitrogens with one attached hydrogen (secondary N) is 1.